The molecule has 138 valence electrons. The van der Waals surface area contributed by atoms with E-state index in [-0.39, 0.29) is 11.8 Å². The molecule has 1 N–H and O–H groups in total. The molecule has 3 aromatic rings. The van der Waals surface area contributed by atoms with E-state index in [0.717, 1.165) is 16.7 Å². The second-order valence-electron chi connectivity index (χ2n) is 6.60. The van der Waals surface area contributed by atoms with E-state index in [1.165, 1.54) is 0 Å². The minimum atomic E-state index is -0.0560. The first-order chi connectivity index (χ1) is 13.1. The smallest absolute Gasteiger partial charge is 0.226 e. The van der Waals surface area contributed by atoms with Crippen LogP contribution < -0.4 is 14.8 Å². The molecule has 1 aromatic heterocycles. The molecule has 0 aliphatic carbocycles. The van der Waals surface area contributed by atoms with E-state index >= 15 is 0 Å². The average Bonchev–Trinajstić information content (AvgIpc) is 3.06. The number of rotatable bonds is 5. The molecule has 1 unspecified atom stereocenters. The summed E-state index contributed by atoms with van der Waals surface area (Å²) in [5.41, 5.74) is 3.10. The first-order valence-electron chi connectivity index (χ1n) is 8.82. The Hall–Kier alpha value is -3.28. The quantitative estimate of drug-likeness (QED) is 0.754. The lowest BCUT2D eigenvalue weighted by molar-refractivity contribution is -0.116. The predicted molar refractivity (Wildman–Crippen MR) is 102 cm³/mol. The van der Waals surface area contributed by atoms with Gasteiger partial charge in [-0.05, 0) is 23.3 Å². The molecule has 4 rings (SSSR count). The molecule has 1 aliphatic rings. The van der Waals surface area contributed by atoms with Gasteiger partial charge in [0.1, 0.15) is 6.61 Å². The van der Waals surface area contributed by atoms with Crippen LogP contribution in [0.15, 0.2) is 54.7 Å². The molecule has 6 heteroatoms. The molecule has 0 spiro atoms. The fraction of sp³-hybridized carbons (Fsp3) is 0.238. The second-order valence-corrected chi connectivity index (χ2v) is 6.60. The molecule has 1 aliphatic heterocycles. The summed E-state index contributed by atoms with van der Waals surface area (Å²) >= 11 is 0. The first kappa shape index (κ1) is 17.1. The van der Waals surface area contributed by atoms with Crippen LogP contribution >= 0.6 is 0 Å². The van der Waals surface area contributed by atoms with Crippen LogP contribution in [-0.4, -0.2) is 22.8 Å². The number of carbonyl (C=O) groups excluding carboxylic acids is 1. The molecule has 6 nitrogen and oxygen atoms in total. The van der Waals surface area contributed by atoms with Gasteiger partial charge in [-0.25, -0.2) is 0 Å². The maximum absolute atomic E-state index is 12.1. The van der Waals surface area contributed by atoms with E-state index in [2.05, 4.69) is 10.4 Å². The van der Waals surface area contributed by atoms with Crippen LogP contribution in [0.3, 0.4) is 0 Å². The van der Waals surface area contributed by atoms with E-state index in [0.29, 0.717) is 30.3 Å². The van der Waals surface area contributed by atoms with Crippen molar-refractivity contribution < 1.29 is 14.3 Å². The third kappa shape index (κ3) is 3.51. The minimum Gasteiger partial charge on any atom is -0.493 e. The number of nitrogens with zero attached hydrogens (tertiary/aromatic N) is 2. The van der Waals surface area contributed by atoms with Crippen molar-refractivity contribution >= 4 is 11.7 Å². The summed E-state index contributed by atoms with van der Waals surface area (Å²) in [5.74, 6) is 1.87. The van der Waals surface area contributed by atoms with Crippen molar-refractivity contribution in [2.24, 2.45) is 7.05 Å². The Bertz CT molecular complexity index is 966. The number of methoxy groups -OCH3 is 1. The molecule has 27 heavy (non-hydrogen) atoms. The number of aryl methyl sites for hydroxylation is 1. The van der Waals surface area contributed by atoms with Crippen LogP contribution in [0.2, 0.25) is 0 Å². The van der Waals surface area contributed by atoms with Gasteiger partial charge in [-0.1, -0.05) is 36.4 Å². The fourth-order valence-corrected chi connectivity index (χ4v) is 3.39. The molecule has 0 bridgehead atoms. The average molecular weight is 363 g/mol. The first-order valence-corrected chi connectivity index (χ1v) is 8.82. The predicted octanol–water partition coefficient (Wildman–Crippen LogP) is 3.48. The van der Waals surface area contributed by atoms with Gasteiger partial charge in [-0.15, -0.1) is 0 Å². The number of aromatic nitrogens is 2. The zero-order valence-electron chi connectivity index (χ0n) is 15.3. The highest BCUT2D eigenvalue weighted by atomic mass is 16.5. The number of carbonyl (C=O) groups is 1. The number of hydrogen-bond acceptors (Lipinski definition) is 4. The topological polar surface area (TPSA) is 65.4 Å². The lowest BCUT2D eigenvalue weighted by Crippen LogP contribution is -2.23. The van der Waals surface area contributed by atoms with E-state index in [4.69, 9.17) is 9.47 Å². The van der Waals surface area contributed by atoms with Gasteiger partial charge < -0.3 is 14.8 Å². The zero-order valence-corrected chi connectivity index (χ0v) is 15.3. The summed E-state index contributed by atoms with van der Waals surface area (Å²) < 4.78 is 13.2. The summed E-state index contributed by atoms with van der Waals surface area (Å²) in [6, 6.07) is 15.8. The normalized spacial score (nSPS) is 15.8. The number of anilines is 1. The Balaban J connectivity index is 1.60. The SMILES string of the molecule is COc1cc(C2CC(=O)Nc3nn(C)cc32)ccc1OCc1ccccc1. The van der Waals surface area contributed by atoms with Gasteiger partial charge >= 0.3 is 0 Å². The van der Waals surface area contributed by atoms with Crippen LogP contribution in [0.5, 0.6) is 11.5 Å². The summed E-state index contributed by atoms with van der Waals surface area (Å²) in [4.78, 5) is 12.1. The summed E-state index contributed by atoms with van der Waals surface area (Å²) in [7, 11) is 3.47. The van der Waals surface area contributed by atoms with Crippen LogP contribution in [0.25, 0.3) is 0 Å². The molecular formula is C21H21N3O3. The van der Waals surface area contributed by atoms with Gasteiger partial charge in [-0.2, -0.15) is 5.10 Å². The Morgan fingerprint density at radius 1 is 1.19 bits per heavy atom. The lowest BCUT2D eigenvalue weighted by Gasteiger charge is -2.23. The lowest BCUT2D eigenvalue weighted by atomic mass is 9.87. The molecule has 0 fully saturated rings. The van der Waals surface area contributed by atoms with Crippen LogP contribution in [0.4, 0.5) is 5.82 Å². The molecule has 2 heterocycles. The highest BCUT2D eigenvalue weighted by Crippen LogP contribution is 2.39. The molecule has 0 saturated heterocycles. The Morgan fingerprint density at radius 2 is 2.00 bits per heavy atom. The van der Waals surface area contributed by atoms with Gasteiger partial charge in [0.25, 0.3) is 0 Å². The van der Waals surface area contributed by atoms with Gasteiger partial charge in [0, 0.05) is 31.1 Å². The van der Waals surface area contributed by atoms with Gasteiger partial charge in [0.15, 0.2) is 17.3 Å². The highest BCUT2D eigenvalue weighted by molar-refractivity contribution is 5.94. The molecule has 0 saturated carbocycles. The monoisotopic (exact) mass is 363 g/mol. The largest absolute Gasteiger partial charge is 0.493 e. The van der Waals surface area contributed by atoms with Gasteiger partial charge in [-0.3, -0.25) is 9.48 Å². The third-order valence-electron chi connectivity index (χ3n) is 4.71. The van der Waals surface area contributed by atoms with E-state index in [9.17, 15) is 4.79 Å². The van der Waals surface area contributed by atoms with Crippen molar-refractivity contribution in [3.63, 3.8) is 0 Å². The van der Waals surface area contributed by atoms with Crippen molar-refractivity contribution in [3.05, 3.63) is 71.4 Å². The Morgan fingerprint density at radius 3 is 2.78 bits per heavy atom. The van der Waals surface area contributed by atoms with E-state index in [1.54, 1.807) is 11.8 Å². The number of ether oxygens (including phenoxy) is 2. The second kappa shape index (κ2) is 7.15. The van der Waals surface area contributed by atoms with E-state index in [1.807, 2.05) is 61.8 Å². The van der Waals surface area contributed by atoms with E-state index < -0.39 is 0 Å². The highest BCUT2D eigenvalue weighted by Gasteiger charge is 2.29. The van der Waals surface area contributed by atoms with Crippen molar-refractivity contribution in [2.75, 3.05) is 12.4 Å². The van der Waals surface area contributed by atoms with Crippen molar-refractivity contribution in [1.29, 1.82) is 0 Å². The Kier molecular flexibility index (Phi) is 4.54. The van der Waals surface area contributed by atoms with Crippen molar-refractivity contribution in [1.82, 2.24) is 9.78 Å². The number of fused-ring (bicyclic) bond motifs is 1. The molecular weight excluding hydrogens is 342 g/mol. The molecule has 0 radical (unpaired) electrons. The minimum absolute atomic E-state index is 0.0328. The standard InChI is InChI=1S/C21H21N3O3/c1-24-12-17-16(11-20(25)22-21(17)23-24)15-8-9-18(19(10-15)26-2)27-13-14-6-4-3-5-7-14/h3-10,12,16H,11,13H2,1-2H3,(H,22,23,25). The Labute approximate surface area is 157 Å². The summed E-state index contributed by atoms with van der Waals surface area (Å²) in [5, 5.41) is 7.16. The maximum atomic E-state index is 12.1. The molecule has 2 aromatic carbocycles. The fourth-order valence-electron chi connectivity index (χ4n) is 3.39. The maximum Gasteiger partial charge on any atom is 0.226 e. The number of benzene rings is 2. The van der Waals surface area contributed by atoms with Crippen LogP contribution in [0, 0.1) is 0 Å². The number of hydrogen-bond donors (Lipinski definition) is 1. The summed E-state index contributed by atoms with van der Waals surface area (Å²) in [6.07, 6.45) is 2.33. The number of amides is 1. The summed E-state index contributed by atoms with van der Waals surface area (Å²) in [6.45, 7) is 0.467. The third-order valence-corrected chi connectivity index (χ3v) is 4.71. The van der Waals surface area contributed by atoms with Crippen LogP contribution in [0.1, 0.15) is 29.0 Å². The molecule has 1 amide bonds. The van der Waals surface area contributed by atoms with Gasteiger partial charge in [0.2, 0.25) is 5.91 Å². The number of nitrogens with one attached hydrogen (secondary N) is 1. The zero-order chi connectivity index (χ0) is 18.8. The van der Waals surface area contributed by atoms with Gasteiger partial charge in [0.05, 0.1) is 7.11 Å². The van der Waals surface area contributed by atoms with Crippen molar-refractivity contribution in [2.45, 2.75) is 18.9 Å². The molecule has 1 atom stereocenters. The van der Waals surface area contributed by atoms with Crippen molar-refractivity contribution in [3.8, 4) is 11.5 Å². The van der Waals surface area contributed by atoms with Crippen LogP contribution in [-0.2, 0) is 18.4 Å².